The zero-order valence-electron chi connectivity index (χ0n) is 5.61. The van der Waals surface area contributed by atoms with E-state index in [4.69, 9.17) is 10.8 Å². The fourth-order valence-corrected chi connectivity index (χ4v) is 0.128. The van der Waals surface area contributed by atoms with E-state index in [1.807, 2.05) is 13.8 Å². The summed E-state index contributed by atoms with van der Waals surface area (Å²) in [4.78, 5) is 0. The van der Waals surface area contributed by atoms with Crippen molar-refractivity contribution in [2.24, 2.45) is 0 Å². The van der Waals surface area contributed by atoms with Crippen molar-refractivity contribution in [2.45, 2.75) is 13.8 Å². The molecule has 0 rings (SSSR count). The van der Waals surface area contributed by atoms with Gasteiger partial charge in [-0.3, -0.25) is 0 Å². The molecule has 0 unspecified atom stereocenters. The summed E-state index contributed by atoms with van der Waals surface area (Å²) in [5.74, 6) is -0.699. The van der Waals surface area contributed by atoms with Crippen LogP contribution in [-0.4, -0.2) is 12.4 Å². The zero-order valence-corrected chi connectivity index (χ0v) is 5.61. The highest BCUT2D eigenvalue weighted by atomic mass is 19.1. The summed E-state index contributed by atoms with van der Waals surface area (Å²) < 4.78 is 11.6. The SMILES string of the molecule is CC.N=C/C=C(/F)C=N. The molecule has 0 aromatic heterocycles. The highest BCUT2D eigenvalue weighted by Crippen LogP contribution is 1.84. The molecule has 0 amide bonds. The highest BCUT2D eigenvalue weighted by Gasteiger charge is 1.77. The predicted molar refractivity (Wildman–Crippen MR) is 38.1 cm³/mol. The first-order valence-corrected chi connectivity index (χ1v) is 2.68. The number of hydrogen-bond donors (Lipinski definition) is 2. The second-order valence-electron chi connectivity index (χ2n) is 0.863. The van der Waals surface area contributed by atoms with Crippen LogP contribution in [0.1, 0.15) is 13.8 Å². The standard InChI is InChI=1S/C4H5FN2.C2H6/c5-4(3-7)1-2-6;1-2/h1-3,6-7H;1-2H3/b4-1+,6-2?,7-3?;. The van der Waals surface area contributed by atoms with Crippen molar-refractivity contribution >= 4 is 12.4 Å². The van der Waals surface area contributed by atoms with Gasteiger partial charge in [0.25, 0.3) is 0 Å². The maximum absolute atomic E-state index is 11.6. The van der Waals surface area contributed by atoms with Gasteiger partial charge >= 0.3 is 0 Å². The first-order chi connectivity index (χ1) is 4.31. The van der Waals surface area contributed by atoms with E-state index < -0.39 is 5.83 Å². The summed E-state index contributed by atoms with van der Waals surface area (Å²) in [7, 11) is 0. The Hall–Kier alpha value is -0.990. The molecule has 0 fully saturated rings. The quantitative estimate of drug-likeness (QED) is 0.538. The Balaban J connectivity index is 0. The molecule has 2 nitrogen and oxygen atoms in total. The van der Waals surface area contributed by atoms with Crippen LogP contribution in [0.4, 0.5) is 4.39 Å². The van der Waals surface area contributed by atoms with Gasteiger partial charge in [-0.15, -0.1) is 0 Å². The maximum Gasteiger partial charge on any atom is 0.142 e. The van der Waals surface area contributed by atoms with Crippen LogP contribution < -0.4 is 0 Å². The lowest BCUT2D eigenvalue weighted by Crippen LogP contribution is -1.70. The molecule has 0 aromatic rings. The van der Waals surface area contributed by atoms with Crippen LogP contribution in [0.5, 0.6) is 0 Å². The Morgan fingerprint density at radius 2 is 1.78 bits per heavy atom. The molecule has 2 N–H and O–H groups in total. The van der Waals surface area contributed by atoms with Gasteiger partial charge < -0.3 is 10.8 Å². The number of hydrogen-bond acceptors (Lipinski definition) is 2. The highest BCUT2D eigenvalue weighted by molar-refractivity contribution is 5.81. The van der Waals surface area contributed by atoms with E-state index in [2.05, 4.69) is 0 Å². The molecule has 0 saturated carbocycles. The lowest BCUT2D eigenvalue weighted by atomic mass is 10.5. The Kier molecular flexibility index (Phi) is 12.2. The van der Waals surface area contributed by atoms with Crippen LogP contribution in [0.2, 0.25) is 0 Å². The van der Waals surface area contributed by atoms with Crippen LogP contribution in [0.25, 0.3) is 0 Å². The van der Waals surface area contributed by atoms with Gasteiger partial charge in [-0.2, -0.15) is 0 Å². The van der Waals surface area contributed by atoms with E-state index in [0.717, 1.165) is 12.3 Å². The second kappa shape index (κ2) is 10.1. The van der Waals surface area contributed by atoms with Crippen molar-refractivity contribution < 1.29 is 4.39 Å². The molecule has 0 spiro atoms. The molecular formula is C6H11FN2. The number of allylic oxidation sites excluding steroid dienone is 2. The third-order valence-electron chi connectivity index (χ3n) is 0.380. The topological polar surface area (TPSA) is 47.7 Å². The van der Waals surface area contributed by atoms with Crippen LogP contribution in [0.15, 0.2) is 11.9 Å². The Morgan fingerprint density at radius 1 is 1.33 bits per heavy atom. The van der Waals surface area contributed by atoms with E-state index >= 15 is 0 Å². The van der Waals surface area contributed by atoms with Crippen molar-refractivity contribution in [2.75, 3.05) is 0 Å². The molecular weight excluding hydrogens is 119 g/mol. The molecule has 0 saturated heterocycles. The Morgan fingerprint density at radius 3 is 1.89 bits per heavy atom. The Bertz CT molecular complexity index is 108. The van der Waals surface area contributed by atoms with E-state index in [0.29, 0.717) is 6.21 Å². The summed E-state index contributed by atoms with van der Waals surface area (Å²) >= 11 is 0. The minimum Gasteiger partial charge on any atom is -0.309 e. The first kappa shape index (κ1) is 10.9. The molecule has 0 aliphatic heterocycles. The normalized spacial score (nSPS) is 9.00. The van der Waals surface area contributed by atoms with Crippen LogP contribution in [0.3, 0.4) is 0 Å². The first-order valence-electron chi connectivity index (χ1n) is 2.68. The molecule has 0 aromatic carbocycles. The molecule has 0 radical (unpaired) electrons. The third-order valence-corrected chi connectivity index (χ3v) is 0.380. The van der Waals surface area contributed by atoms with Crippen LogP contribution >= 0.6 is 0 Å². The zero-order chi connectivity index (χ0) is 7.70. The predicted octanol–water partition coefficient (Wildman–Crippen LogP) is 2.17. The van der Waals surface area contributed by atoms with Gasteiger partial charge in [0, 0.05) is 6.21 Å². The summed E-state index contributed by atoms with van der Waals surface area (Å²) in [6, 6.07) is 0. The van der Waals surface area contributed by atoms with Gasteiger partial charge in [0.15, 0.2) is 0 Å². The minimum atomic E-state index is -0.699. The molecule has 52 valence electrons. The van der Waals surface area contributed by atoms with E-state index in [-0.39, 0.29) is 0 Å². The largest absolute Gasteiger partial charge is 0.309 e. The molecule has 0 aliphatic carbocycles. The van der Waals surface area contributed by atoms with Gasteiger partial charge in [0.05, 0.1) is 6.21 Å². The fourth-order valence-electron chi connectivity index (χ4n) is 0.128. The van der Waals surface area contributed by atoms with Gasteiger partial charge in [-0.25, -0.2) is 4.39 Å². The van der Waals surface area contributed by atoms with Gasteiger partial charge in [0.2, 0.25) is 0 Å². The van der Waals surface area contributed by atoms with E-state index in [1.54, 1.807) is 0 Å². The van der Waals surface area contributed by atoms with Crippen LogP contribution in [0, 0.1) is 10.8 Å². The number of nitrogens with one attached hydrogen (secondary N) is 2. The molecule has 0 bridgehead atoms. The molecule has 0 aliphatic rings. The summed E-state index contributed by atoms with van der Waals surface area (Å²) in [6.07, 6.45) is 2.23. The van der Waals surface area contributed by atoms with Crippen molar-refractivity contribution in [1.82, 2.24) is 0 Å². The van der Waals surface area contributed by atoms with E-state index in [9.17, 15) is 4.39 Å². The number of rotatable bonds is 2. The average Bonchev–Trinajstić information content (AvgIpc) is 1.93. The molecule has 9 heavy (non-hydrogen) atoms. The Labute approximate surface area is 54.4 Å². The van der Waals surface area contributed by atoms with Crippen molar-refractivity contribution in [3.05, 3.63) is 11.9 Å². The second-order valence-corrected chi connectivity index (χ2v) is 0.863. The average molecular weight is 130 g/mol. The van der Waals surface area contributed by atoms with Gasteiger partial charge in [-0.05, 0) is 6.08 Å². The summed E-state index contributed by atoms with van der Waals surface area (Å²) in [5, 5.41) is 12.5. The molecule has 0 atom stereocenters. The van der Waals surface area contributed by atoms with Crippen LogP contribution in [-0.2, 0) is 0 Å². The maximum atomic E-state index is 11.6. The minimum absolute atomic E-state index is 0.547. The van der Waals surface area contributed by atoms with Crippen molar-refractivity contribution in [3.63, 3.8) is 0 Å². The van der Waals surface area contributed by atoms with Crippen molar-refractivity contribution in [3.8, 4) is 0 Å². The van der Waals surface area contributed by atoms with Gasteiger partial charge in [0.1, 0.15) is 5.83 Å². The monoisotopic (exact) mass is 130 g/mol. The van der Waals surface area contributed by atoms with E-state index in [1.165, 1.54) is 0 Å². The molecule has 3 heteroatoms. The summed E-state index contributed by atoms with van der Waals surface area (Å²) in [6.45, 7) is 4.00. The number of halogens is 1. The van der Waals surface area contributed by atoms with Gasteiger partial charge in [-0.1, -0.05) is 13.8 Å². The lowest BCUT2D eigenvalue weighted by Gasteiger charge is -1.72. The van der Waals surface area contributed by atoms with Crippen molar-refractivity contribution in [1.29, 1.82) is 10.8 Å². The smallest absolute Gasteiger partial charge is 0.142 e. The summed E-state index contributed by atoms with van der Waals surface area (Å²) in [5.41, 5.74) is 0. The third kappa shape index (κ3) is 10.9. The fraction of sp³-hybridized carbons (Fsp3) is 0.333. The lowest BCUT2D eigenvalue weighted by molar-refractivity contribution is 0.687. The molecule has 0 heterocycles.